The molecule has 0 radical (unpaired) electrons. The van der Waals surface area contributed by atoms with E-state index in [0.717, 1.165) is 98.9 Å². The van der Waals surface area contributed by atoms with Gasteiger partial charge in [0.25, 0.3) is 12.3 Å². The van der Waals surface area contributed by atoms with E-state index >= 15 is 0 Å². The van der Waals surface area contributed by atoms with Crippen molar-refractivity contribution >= 4 is 68.2 Å². The second kappa shape index (κ2) is 16.9. The molecule has 1 aliphatic carbocycles. The Kier molecular flexibility index (Phi) is 10.8. The van der Waals surface area contributed by atoms with Crippen molar-refractivity contribution in [2.45, 2.75) is 75.5 Å². The summed E-state index contributed by atoms with van der Waals surface area (Å²) < 4.78 is 43.3. The molecule has 65 heavy (non-hydrogen) atoms. The van der Waals surface area contributed by atoms with Crippen molar-refractivity contribution in [1.82, 2.24) is 39.5 Å². The Morgan fingerprint density at radius 1 is 0.923 bits per heavy atom. The van der Waals surface area contributed by atoms with E-state index in [1.165, 1.54) is 16.9 Å². The van der Waals surface area contributed by atoms with E-state index < -0.39 is 23.9 Å². The third kappa shape index (κ3) is 7.98. The molecule has 6 aromatic rings. The number of piperidine rings is 1. The van der Waals surface area contributed by atoms with Crippen LogP contribution in [0.4, 0.5) is 26.0 Å². The zero-order valence-corrected chi connectivity index (χ0v) is 35.6. The first-order chi connectivity index (χ1) is 31.6. The number of furan rings is 1. The summed E-state index contributed by atoms with van der Waals surface area (Å²) >= 11 is 0. The van der Waals surface area contributed by atoms with E-state index in [-0.39, 0.29) is 60.1 Å². The second-order valence-electron chi connectivity index (χ2n) is 18.1. The van der Waals surface area contributed by atoms with Gasteiger partial charge in [-0.3, -0.25) is 34.1 Å². The number of carbonyl (C=O) groups is 4. The van der Waals surface area contributed by atoms with E-state index in [0.29, 0.717) is 35.9 Å². The summed E-state index contributed by atoms with van der Waals surface area (Å²) in [4.78, 5) is 63.0. The van der Waals surface area contributed by atoms with Crippen LogP contribution in [0.15, 0.2) is 65.7 Å². The molecule has 4 aliphatic heterocycles. The van der Waals surface area contributed by atoms with Crippen molar-refractivity contribution in [3.8, 4) is 0 Å². The van der Waals surface area contributed by atoms with Crippen LogP contribution in [0.3, 0.4) is 0 Å². The van der Waals surface area contributed by atoms with Gasteiger partial charge in [0.1, 0.15) is 17.0 Å². The number of fused-ring (bicyclic) bond motifs is 6. The average molecular weight is 890 g/mol. The molecule has 338 valence electrons. The minimum absolute atomic E-state index is 0.0170. The van der Waals surface area contributed by atoms with Crippen LogP contribution in [0.2, 0.25) is 0 Å². The van der Waals surface area contributed by atoms with Crippen LogP contribution in [0, 0.1) is 5.92 Å². The highest BCUT2D eigenvalue weighted by molar-refractivity contribution is 6.15. The van der Waals surface area contributed by atoms with Crippen LogP contribution >= 0.6 is 0 Å². The Labute approximate surface area is 371 Å². The third-order valence-electron chi connectivity index (χ3n) is 14.1. The molecule has 4 aromatic heterocycles. The van der Waals surface area contributed by atoms with Crippen molar-refractivity contribution in [2.24, 2.45) is 5.92 Å². The molecule has 8 heterocycles. The molecule has 0 unspecified atom stereocenters. The molecular weight excluding hydrogens is 841 g/mol. The van der Waals surface area contributed by atoms with Crippen LogP contribution in [0.25, 0.3) is 27.4 Å². The molecule has 5 fully saturated rings. The molecule has 4 amide bonds. The average Bonchev–Trinajstić information content (AvgIpc) is 4.17. The molecular formula is C46H49F2N11O6. The zero-order valence-electron chi connectivity index (χ0n) is 35.6. The quantitative estimate of drug-likeness (QED) is 0.139. The normalized spacial score (nSPS) is 24.2. The van der Waals surface area contributed by atoms with E-state index in [9.17, 15) is 28.0 Å². The lowest BCUT2D eigenvalue weighted by molar-refractivity contribution is -0.134. The monoisotopic (exact) mass is 889 g/mol. The SMILES string of the molecule is O=C1CC[C@H](c2coc3ccc4c(NC(=O)CN5CCN(CC6CCC(n7cc(NC(=O)c8cnn9ccc(N%10C[C@H]%11C[C@@H]%10CO%11)nc89)c(C(F)F)n7)CC6)CC5)cccc4c23)C(=O)N1. The third-order valence-corrected chi connectivity index (χ3v) is 14.1. The molecule has 3 atom stereocenters. The number of nitrogens with one attached hydrogen (secondary N) is 3. The van der Waals surface area contributed by atoms with Gasteiger partial charge >= 0.3 is 0 Å². The number of halogens is 2. The molecule has 3 N–H and O–H groups in total. The summed E-state index contributed by atoms with van der Waals surface area (Å²) in [6.07, 6.45) is 8.61. The first kappa shape index (κ1) is 41.4. The minimum Gasteiger partial charge on any atom is -0.464 e. The maximum Gasteiger partial charge on any atom is 0.284 e. The van der Waals surface area contributed by atoms with Gasteiger partial charge < -0.3 is 29.6 Å². The number of benzene rings is 2. The van der Waals surface area contributed by atoms with Gasteiger partial charge in [-0.2, -0.15) is 10.2 Å². The van der Waals surface area contributed by atoms with Gasteiger partial charge in [-0.05, 0) is 74.1 Å². The molecule has 17 nitrogen and oxygen atoms in total. The summed E-state index contributed by atoms with van der Waals surface area (Å²) in [6, 6.07) is 11.5. The van der Waals surface area contributed by atoms with Crippen molar-refractivity contribution in [3.63, 3.8) is 0 Å². The fourth-order valence-electron chi connectivity index (χ4n) is 10.7. The summed E-state index contributed by atoms with van der Waals surface area (Å²) in [5, 5.41) is 19.3. The number of imide groups is 1. The van der Waals surface area contributed by atoms with Gasteiger partial charge in [0.15, 0.2) is 11.3 Å². The summed E-state index contributed by atoms with van der Waals surface area (Å²) in [5.41, 5.74) is 2.10. The van der Waals surface area contributed by atoms with Gasteiger partial charge in [-0.15, -0.1) is 0 Å². The molecule has 2 bridgehead atoms. The molecule has 11 rings (SSSR count). The number of ether oxygens (including phenoxy) is 1. The molecule has 2 aromatic carbocycles. The highest BCUT2D eigenvalue weighted by atomic mass is 19.3. The first-order valence-corrected chi connectivity index (χ1v) is 22.5. The predicted molar refractivity (Wildman–Crippen MR) is 235 cm³/mol. The Morgan fingerprint density at radius 2 is 1.75 bits per heavy atom. The zero-order chi connectivity index (χ0) is 44.3. The second-order valence-corrected chi connectivity index (χ2v) is 18.1. The number of anilines is 3. The van der Waals surface area contributed by atoms with E-state index in [4.69, 9.17) is 14.1 Å². The molecule has 4 saturated heterocycles. The van der Waals surface area contributed by atoms with Gasteiger partial charge in [0.05, 0.1) is 55.4 Å². The number of rotatable bonds is 11. The summed E-state index contributed by atoms with van der Waals surface area (Å²) in [5.74, 6) is -0.611. The van der Waals surface area contributed by atoms with Crippen LogP contribution in [0.1, 0.15) is 84.9 Å². The Morgan fingerprint density at radius 3 is 2.52 bits per heavy atom. The number of alkyl halides is 2. The number of morpholine rings is 1. The summed E-state index contributed by atoms with van der Waals surface area (Å²) in [6.45, 7) is 5.73. The highest BCUT2D eigenvalue weighted by Crippen LogP contribution is 2.40. The number of piperazine rings is 1. The van der Waals surface area contributed by atoms with Crippen molar-refractivity contribution < 1.29 is 37.1 Å². The van der Waals surface area contributed by atoms with Crippen LogP contribution in [0.5, 0.6) is 0 Å². The molecule has 1 saturated carbocycles. The lowest BCUT2D eigenvalue weighted by atomic mass is 9.85. The minimum atomic E-state index is -2.87. The Bertz CT molecular complexity index is 2830. The smallest absolute Gasteiger partial charge is 0.284 e. The van der Waals surface area contributed by atoms with Crippen molar-refractivity contribution in [1.29, 1.82) is 0 Å². The fourth-order valence-corrected chi connectivity index (χ4v) is 10.7. The standard InChI is InChI=1S/C46H49F2N11O6/c47-43(48)42-36(51-46(63)33-19-49-58-13-12-38(52-44(33)58)57-21-29-18-28(57)24-64-29)22-59(54-42)27-6-4-26(5-7-27)20-55-14-16-56(17-15-55)23-40(61)50-35-3-1-2-31-30(35)8-10-37-41(31)34(25-65-37)32-9-11-39(60)53-45(32)62/h1-3,8,10,12-13,19,22,25-29,32,43H,4-7,9,11,14-18,20-21,23-24H2,(H,50,61)(H,51,63)(H,53,60,62)/t26?,27?,28-,29-,32-/m1/s1. The molecule has 19 heteroatoms. The predicted octanol–water partition coefficient (Wildman–Crippen LogP) is 5.50. The first-order valence-electron chi connectivity index (χ1n) is 22.5. The largest absolute Gasteiger partial charge is 0.464 e. The van der Waals surface area contributed by atoms with Crippen molar-refractivity contribution in [2.75, 3.05) is 68.0 Å². The van der Waals surface area contributed by atoms with Gasteiger partial charge in [0.2, 0.25) is 17.7 Å². The van der Waals surface area contributed by atoms with Crippen molar-refractivity contribution in [3.05, 3.63) is 78.1 Å². The van der Waals surface area contributed by atoms with Crippen LogP contribution in [-0.4, -0.2) is 122 Å². The number of nitrogens with zero attached hydrogens (tertiary/aromatic N) is 8. The number of amides is 4. The number of hydrogen-bond donors (Lipinski definition) is 3. The number of carbonyl (C=O) groups excluding carboxylic acids is 4. The van der Waals surface area contributed by atoms with Gasteiger partial charge in [-0.25, -0.2) is 18.3 Å². The van der Waals surface area contributed by atoms with Crippen LogP contribution in [-0.2, 0) is 19.1 Å². The number of hydrogen-bond acceptors (Lipinski definition) is 12. The highest BCUT2D eigenvalue weighted by Gasteiger charge is 2.40. The lowest BCUT2D eigenvalue weighted by Gasteiger charge is -2.38. The molecule has 0 spiro atoms. The van der Waals surface area contributed by atoms with E-state index in [2.05, 4.69) is 40.8 Å². The van der Waals surface area contributed by atoms with Gasteiger partial charge in [-0.1, -0.05) is 12.1 Å². The van der Waals surface area contributed by atoms with Gasteiger partial charge in [0, 0.05) is 80.1 Å². The number of aromatic nitrogens is 5. The topological polar surface area (TPSA) is 184 Å². The summed E-state index contributed by atoms with van der Waals surface area (Å²) in [7, 11) is 0. The maximum atomic E-state index is 14.3. The van der Waals surface area contributed by atoms with E-state index in [1.807, 2.05) is 36.4 Å². The maximum absolute atomic E-state index is 14.3. The Hall–Kier alpha value is -6.31. The Balaban J connectivity index is 0.667. The lowest BCUT2D eigenvalue weighted by Crippen LogP contribution is -2.49. The van der Waals surface area contributed by atoms with E-state index in [1.54, 1.807) is 17.1 Å². The fraction of sp³-hybridized carbons (Fsp3) is 0.457. The molecule has 5 aliphatic rings. The van der Waals surface area contributed by atoms with Crippen LogP contribution < -0.4 is 20.9 Å².